The van der Waals surface area contributed by atoms with Crippen molar-refractivity contribution in [2.24, 2.45) is 0 Å². The van der Waals surface area contributed by atoms with Gasteiger partial charge in [-0.15, -0.1) is 0 Å². The fourth-order valence-corrected chi connectivity index (χ4v) is 1.14. The first-order valence-electron chi connectivity index (χ1n) is 4.00. The van der Waals surface area contributed by atoms with Crippen molar-refractivity contribution in [2.45, 2.75) is 0 Å². The summed E-state index contributed by atoms with van der Waals surface area (Å²) in [5, 5.41) is 0. The van der Waals surface area contributed by atoms with E-state index in [1.54, 1.807) is 12.2 Å². The van der Waals surface area contributed by atoms with E-state index in [0.29, 0.717) is 5.57 Å². The molecular formula is C11H8O2. The summed E-state index contributed by atoms with van der Waals surface area (Å²) in [5.41, 5.74) is 1.59. The summed E-state index contributed by atoms with van der Waals surface area (Å²) in [7, 11) is 0. The molecule has 2 rings (SSSR count). The fraction of sp³-hybridized carbons (Fsp3) is 0. The van der Waals surface area contributed by atoms with Gasteiger partial charge in [-0.05, 0) is 17.7 Å². The van der Waals surface area contributed by atoms with Gasteiger partial charge in [-0.1, -0.05) is 30.3 Å². The number of esters is 1. The Morgan fingerprint density at radius 3 is 2.54 bits per heavy atom. The Morgan fingerprint density at radius 2 is 1.92 bits per heavy atom. The standard InChI is InChI=1S/C11H8O2/c12-11-10(6-7-13-11)8-9-4-2-1-3-5-9/h1-8H/b10-8+. The number of rotatable bonds is 1. The maximum absolute atomic E-state index is 11.0. The van der Waals surface area contributed by atoms with Crippen molar-refractivity contribution < 1.29 is 9.53 Å². The number of hydrogen-bond acceptors (Lipinski definition) is 2. The molecule has 0 bridgehead atoms. The van der Waals surface area contributed by atoms with Gasteiger partial charge in [0, 0.05) is 0 Å². The van der Waals surface area contributed by atoms with Crippen molar-refractivity contribution in [1.29, 1.82) is 0 Å². The highest BCUT2D eigenvalue weighted by molar-refractivity contribution is 5.98. The molecule has 0 amide bonds. The summed E-state index contributed by atoms with van der Waals surface area (Å²) in [6, 6.07) is 9.66. The smallest absolute Gasteiger partial charge is 0.343 e. The van der Waals surface area contributed by atoms with Crippen LogP contribution < -0.4 is 0 Å². The number of cyclic esters (lactones) is 1. The van der Waals surface area contributed by atoms with E-state index in [1.807, 2.05) is 30.3 Å². The minimum Gasteiger partial charge on any atom is -0.431 e. The minimum absolute atomic E-state index is 0.288. The number of benzene rings is 1. The minimum atomic E-state index is -0.288. The Kier molecular flexibility index (Phi) is 1.96. The zero-order valence-electron chi connectivity index (χ0n) is 6.94. The Balaban J connectivity index is 2.30. The second kappa shape index (κ2) is 3.27. The largest absolute Gasteiger partial charge is 0.431 e. The van der Waals surface area contributed by atoms with Crippen molar-refractivity contribution in [3.63, 3.8) is 0 Å². The first-order valence-corrected chi connectivity index (χ1v) is 4.00. The number of carbonyl (C=O) groups is 1. The number of ether oxygens (including phenoxy) is 1. The third-order valence-electron chi connectivity index (χ3n) is 1.78. The van der Waals surface area contributed by atoms with Crippen LogP contribution >= 0.6 is 0 Å². The van der Waals surface area contributed by atoms with Gasteiger partial charge >= 0.3 is 5.97 Å². The molecule has 13 heavy (non-hydrogen) atoms. The highest BCUT2D eigenvalue weighted by atomic mass is 16.5. The molecule has 2 nitrogen and oxygen atoms in total. The lowest BCUT2D eigenvalue weighted by Crippen LogP contribution is -1.94. The second-order valence-electron chi connectivity index (χ2n) is 2.72. The molecule has 1 heterocycles. The van der Waals surface area contributed by atoms with Crippen LogP contribution in [0.25, 0.3) is 6.08 Å². The van der Waals surface area contributed by atoms with E-state index < -0.39 is 0 Å². The van der Waals surface area contributed by atoms with Gasteiger partial charge in [0.05, 0.1) is 11.8 Å². The molecule has 0 saturated heterocycles. The van der Waals surface area contributed by atoms with E-state index in [1.165, 1.54) is 6.26 Å². The van der Waals surface area contributed by atoms with Crippen molar-refractivity contribution in [1.82, 2.24) is 0 Å². The monoisotopic (exact) mass is 172 g/mol. The van der Waals surface area contributed by atoms with Gasteiger partial charge in [0.1, 0.15) is 0 Å². The third-order valence-corrected chi connectivity index (χ3v) is 1.78. The maximum atomic E-state index is 11.0. The Labute approximate surface area is 76.1 Å². The van der Waals surface area contributed by atoms with E-state index in [-0.39, 0.29) is 5.97 Å². The Hall–Kier alpha value is -1.83. The SMILES string of the molecule is O=C1OC=C/C1=C\c1ccccc1. The van der Waals surface area contributed by atoms with Gasteiger partial charge < -0.3 is 4.74 Å². The highest BCUT2D eigenvalue weighted by Gasteiger charge is 2.11. The van der Waals surface area contributed by atoms with Gasteiger partial charge in [0.2, 0.25) is 0 Å². The predicted octanol–water partition coefficient (Wildman–Crippen LogP) is 2.14. The molecule has 0 N–H and O–H groups in total. The average Bonchev–Trinajstić information content (AvgIpc) is 2.54. The zero-order chi connectivity index (χ0) is 9.10. The molecular weight excluding hydrogens is 164 g/mol. The molecule has 0 unspecified atom stereocenters. The zero-order valence-corrected chi connectivity index (χ0v) is 6.94. The van der Waals surface area contributed by atoms with Gasteiger partial charge in [0.25, 0.3) is 0 Å². The molecule has 0 atom stereocenters. The van der Waals surface area contributed by atoms with Crippen molar-refractivity contribution >= 4 is 12.0 Å². The van der Waals surface area contributed by atoms with E-state index >= 15 is 0 Å². The first-order chi connectivity index (χ1) is 6.36. The summed E-state index contributed by atoms with van der Waals surface area (Å²) < 4.78 is 4.65. The van der Waals surface area contributed by atoms with Crippen molar-refractivity contribution in [3.05, 3.63) is 53.8 Å². The van der Waals surface area contributed by atoms with Gasteiger partial charge in [-0.2, -0.15) is 0 Å². The number of hydrogen-bond donors (Lipinski definition) is 0. The van der Waals surface area contributed by atoms with Crippen LogP contribution in [0.1, 0.15) is 5.56 Å². The quantitative estimate of drug-likeness (QED) is 0.479. The van der Waals surface area contributed by atoms with Crippen molar-refractivity contribution in [3.8, 4) is 0 Å². The lowest BCUT2D eigenvalue weighted by Gasteiger charge is -1.93. The van der Waals surface area contributed by atoms with Gasteiger partial charge in [-0.25, -0.2) is 4.79 Å². The first kappa shape index (κ1) is 7.80. The molecule has 0 radical (unpaired) electrons. The van der Waals surface area contributed by atoms with Gasteiger partial charge in [-0.3, -0.25) is 0 Å². The molecule has 1 aliphatic heterocycles. The molecule has 0 fully saturated rings. The average molecular weight is 172 g/mol. The molecule has 64 valence electrons. The molecule has 1 aromatic carbocycles. The van der Waals surface area contributed by atoms with E-state index in [0.717, 1.165) is 5.56 Å². The summed E-state index contributed by atoms with van der Waals surface area (Å²) in [6.45, 7) is 0. The molecule has 0 aliphatic carbocycles. The summed E-state index contributed by atoms with van der Waals surface area (Å²) in [6.07, 6.45) is 4.86. The maximum Gasteiger partial charge on any atom is 0.343 e. The lowest BCUT2D eigenvalue weighted by molar-refractivity contribution is -0.131. The van der Waals surface area contributed by atoms with Crippen LogP contribution in [0.4, 0.5) is 0 Å². The summed E-state index contributed by atoms with van der Waals surface area (Å²) in [4.78, 5) is 11.0. The highest BCUT2D eigenvalue weighted by Crippen LogP contribution is 2.13. The van der Waals surface area contributed by atoms with Crippen LogP contribution in [0.15, 0.2) is 48.2 Å². The normalized spacial score (nSPS) is 17.8. The lowest BCUT2D eigenvalue weighted by atomic mass is 10.1. The van der Waals surface area contributed by atoms with Crippen LogP contribution in [0.2, 0.25) is 0 Å². The molecule has 2 heteroatoms. The topological polar surface area (TPSA) is 26.3 Å². The van der Waals surface area contributed by atoms with Crippen LogP contribution in [0, 0.1) is 0 Å². The Bertz CT molecular complexity index is 374. The van der Waals surface area contributed by atoms with Crippen LogP contribution in [-0.2, 0) is 9.53 Å². The second-order valence-corrected chi connectivity index (χ2v) is 2.72. The van der Waals surface area contributed by atoms with Crippen LogP contribution in [-0.4, -0.2) is 5.97 Å². The molecule has 0 aromatic heterocycles. The summed E-state index contributed by atoms with van der Waals surface area (Å²) in [5.74, 6) is -0.288. The Morgan fingerprint density at radius 1 is 1.15 bits per heavy atom. The molecule has 1 aromatic rings. The predicted molar refractivity (Wildman–Crippen MR) is 49.7 cm³/mol. The fourth-order valence-electron chi connectivity index (χ4n) is 1.14. The molecule has 0 spiro atoms. The number of carbonyl (C=O) groups excluding carboxylic acids is 1. The third kappa shape index (κ3) is 1.67. The molecule has 1 aliphatic rings. The van der Waals surface area contributed by atoms with E-state index in [4.69, 9.17) is 0 Å². The van der Waals surface area contributed by atoms with Crippen LogP contribution in [0.5, 0.6) is 0 Å². The molecule has 0 saturated carbocycles. The van der Waals surface area contributed by atoms with Gasteiger partial charge in [0.15, 0.2) is 0 Å². The van der Waals surface area contributed by atoms with Crippen molar-refractivity contribution in [2.75, 3.05) is 0 Å². The van der Waals surface area contributed by atoms with Crippen LogP contribution in [0.3, 0.4) is 0 Å². The van der Waals surface area contributed by atoms with E-state index in [9.17, 15) is 4.79 Å². The van der Waals surface area contributed by atoms with E-state index in [2.05, 4.69) is 4.74 Å². The summed E-state index contributed by atoms with van der Waals surface area (Å²) >= 11 is 0.